The zero-order valence-corrected chi connectivity index (χ0v) is 12.4. The molecule has 1 aliphatic rings. The maximum absolute atomic E-state index is 12.4. The van der Waals surface area contributed by atoms with E-state index in [2.05, 4.69) is 12.2 Å². The highest BCUT2D eigenvalue weighted by atomic mass is 35.5. The highest BCUT2D eigenvalue weighted by Crippen LogP contribution is 2.23. The minimum absolute atomic E-state index is 0. The van der Waals surface area contributed by atoms with Crippen LogP contribution in [0.5, 0.6) is 0 Å². The van der Waals surface area contributed by atoms with Crippen LogP contribution in [0.3, 0.4) is 0 Å². The molecule has 3 rings (SSSR count). The van der Waals surface area contributed by atoms with Gasteiger partial charge in [0.2, 0.25) is 5.52 Å². The van der Waals surface area contributed by atoms with Gasteiger partial charge in [0.05, 0.1) is 5.39 Å². The van der Waals surface area contributed by atoms with Crippen molar-refractivity contribution in [1.29, 1.82) is 0 Å². The number of aromatic nitrogens is 1. The zero-order chi connectivity index (χ0) is 11.8. The van der Waals surface area contributed by atoms with Crippen molar-refractivity contribution in [3.63, 3.8) is 0 Å². The summed E-state index contributed by atoms with van der Waals surface area (Å²) in [6, 6.07) is 7.86. The van der Waals surface area contributed by atoms with Gasteiger partial charge in [0, 0.05) is 24.6 Å². The van der Waals surface area contributed by atoms with Crippen LogP contribution in [0.4, 0.5) is 0 Å². The topological polar surface area (TPSA) is 39.0 Å². The Balaban J connectivity index is 0.000000902. The van der Waals surface area contributed by atoms with Crippen LogP contribution in [0, 0.1) is 12.1 Å². The number of fused-ring (bicyclic) bond motifs is 2. The molecule has 0 atom stereocenters. The Bertz CT molecular complexity index is 537. The van der Waals surface area contributed by atoms with Crippen LogP contribution in [0.2, 0.25) is 0 Å². The molecule has 1 aromatic heterocycles. The second-order valence-electron chi connectivity index (χ2n) is 4.64. The first-order valence-electron chi connectivity index (χ1n) is 6.12. The third kappa shape index (κ3) is 2.64. The van der Waals surface area contributed by atoms with Gasteiger partial charge in [0.15, 0.2) is 5.69 Å². The maximum atomic E-state index is 12.4. The van der Waals surface area contributed by atoms with Crippen molar-refractivity contribution in [3.05, 3.63) is 46.3 Å². The van der Waals surface area contributed by atoms with E-state index in [0.29, 0.717) is 0 Å². The van der Waals surface area contributed by atoms with Crippen LogP contribution in [0.25, 0.3) is 10.9 Å². The molecule has 0 fully saturated rings. The molecule has 3 nitrogen and oxygen atoms in total. The first-order valence-corrected chi connectivity index (χ1v) is 6.12. The number of nitrogens with zero attached hydrogens (tertiary/aromatic N) is 1. The average Bonchev–Trinajstić information content (AvgIpc) is 2.62. The van der Waals surface area contributed by atoms with Gasteiger partial charge in [0.25, 0.3) is 0 Å². The lowest BCUT2D eigenvalue weighted by Crippen LogP contribution is -2.35. The predicted octanol–water partition coefficient (Wildman–Crippen LogP) is 2.66. The van der Waals surface area contributed by atoms with E-state index in [1.165, 1.54) is 11.1 Å². The highest BCUT2D eigenvalue weighted by Gasteiger charge is 2.21. The molecule has 0 saturated heterocycles. The fourth-order valence-corrected chi connectivity index (χ4v) is 2.70. The molecule has 19 heavy (non-hydrogen) atoms. The number of para-hydroxylation sites is 1. The molecule has 0 aliphatic carbocycles. The summed E-state index contributed by atoms with van der Waals surface area (Å²) in [7, 11) is 0. The minimum Gasteiger partial charge on any atom is -0.618 e. The number of hydrogen-bond donors (Lipinski definition) is 1. The molecule has 1 N–H and O–H groups in total. The summed E-state index contributed by atoms with van der Waals surface area (Å²) in [6.45, 7) is 3.92. The normalized spacial score (nSPS) is 13.9. The molecular formula is C14H18Cl2N2O. The molecule has 0 unspecified atom stereocenters. The van der Waals surface area contributed by atoms with Gasteiger partial charge < -0.3 is 10.5 Å². The molecule has 1 aliphatic heterocycles. The summed E-state index contributed by atoms with van der Waals surface area (Å²) in [4.78, 5) is 0. The van der Waals surface area contributed by atoms with Crippen LogP contribution in [-0.2, 0) is 13.0 Å². The minimum atomic E-state index is 0. The van der Waals surface area contributed by atoms with Crippen molar-refractivity contribution in [3.8, 4) is 0 Å². The van der Waals surface area contributed by atoms with Gasteiger partial charge in [-0.3, -0.25) is 0 Å². The van der Waals surface area contributed by atoms with Crippen molar-refractivity contribution in [2.24, 2.45) is 0 Å². The number of benzene rings is 1. The van der Waals surface area contributed by atoms with Gasteiger partial charge in [-0.05, 0) is 31.5 Å². The Kier molecular flexibility index (Phi) is 5.41. The van der Waals surface area contributed by atoms with E-state index in [1.807, 2.05) is 24.3 Å². The van der Waals surface area contributed by atoms with E-state index >= 15 is 0 Å². The van der Waals surface area contributed by atoms with Crippen molar-refractivity contribution < 1.29 is 4.73 Å². The molecule has 2 heterocycles. The zero-order valence-electron chi connectivity index (χ0n) is 10.8. The van der Waals surface area contributed by atoms with Gasteiger partial charge in [-0.2, -0.15) is 4.73 Å². The molecule has 0 spiro atoms. The lowest BCUT2D eigenvalue weighted by molar-refractivity contribution is -0.586. The number of rotatable bonds is 0. The van der Waals surface area contributed by atoms with E-state index in [1.54, 1.807) is 0 Å². The number of hydrogen-bond acceptors (Lipinski definition) is 2. The summed E-state index contributed by atoms with van der Waals surface area (Å²) in [5, 5.41) is 16.8. The Morgan fingerprint density at radius 2 is 1.95 bits per heavy atom. The fraction of sp³-hybridized carbons (Fsp3) is 0.357. The van der Waals surface area contributed by atoms with Gasteiger partial charge in [-0.25, -0.2) is 0 Å². The molecule has 0 bridgehead atoms. The first kappa shape index (κ1) is 16.0. The van der Waals surface area contributed by atoms with Gasteiger partial charge in [-0.1, -0.05) is 12.1 Å². The molecule has 5 heteroatoms. The maximum Gasteiger partial charge on any atom is 0.224 e. The Hall–Kier alpha value is -1.03. The monoisotopic (exact) mass is 300 g/mol. The van der Waals surface area contributed by atoms with Crippen molar-refractivity contribution >= 4 is 35.7 Å². The number of halogens is 2. The summed E-state index contributed by atoms with van der Waals surface area (Å²) in [6.07, 6.45) is 1.91. The van der Waals surface area contributed by atoms with Crippen molar-refractivity contribution in [2.45, 2.75) is 26.3 Å². The summed E-state index contributed by atoms with van der Waals surface area (Å²) in [5.74, 6) is 0. The number of nitrogens with one attached hydrogen (secondary N) is 1. The Morgan fingerprint density at radius 1 is 1.21 bits per heavy atom. The summed E-state index contributed by atoms with van der Waals surface area (Å²) >= 11 is 0. The molecule has 2 aromatic rings. The predicted molar refractivity (Wildman–Crippen MR) is 82.2 cm³/mol. The number of pyridine rings is 1. The SMILES string of the molecule is Cc1c2c([n+]([O-])c3ccccc13)CCCNC2.Cl.Cl. The number of aryl methyl sites for hydroxylation is 1. The molecule has 1 aromatic carbocycles. The van der Waals surface area contributed by atoms with Crippen LogP contribution >= 0.6 is 24.8 Å². The lowest BCUT2D eigenvalue weighted by atomic mass is 10.00. The largest absolute Gasteiger partial charge is 0.618 e. The van der Waals surface area contributed by atoms with E-state index in [-0.39, 0.29) is 24.8 Å². The molecular weight excluding hydrogens is 283 g/mol. The van der Waals surface area contributed by atoms with Crippen LogP contribution in [0.15, 0.2) is 24.3 Å². The second kappa shape index (κ2) is 6.42. The van der Waals surface area contributed by atoms with Gasteiger partial charge in [0.1, 0.15) is 0 Å². The molecule has 0 amide bonds. The van der Waals surface area contributed by atoms with Crippen molar-refractivity contribution in [2.75, 3.05) is 6.54 Å². The Labute approximate surface area is 125 Å². The second-order valence-corrected chi connectivity index (χ2v) is 4.64. The summed E-state index contributed by atoms with van der Waals surface area (Å²) in [5.41, 5.74) is 4.19. The van der Waals surface area contributed by atoms with Crippen LogP contribution in [0.1, 0.15) is 23.2 Å². The van der Waals surface area contributed by atoms with E-state index in [4.69, 9.17) is 0 Å². The van der Waals surface area contributed by atoms with Crippen LogP contribution in [-0.4, -0.2) is 6.54 Å². The van der Waals surface area contributed by atoms with Gasteiger partial charge >= 0.3 is 0 Å². The first-order chi connectivity index (χ1) is 8.29. The van der Waals surface area contributed by atoms with Crippen LogP contribution < -0.4 is 10.0 Å². The van der Waals surface area contributed by atoms with E-state index in [0.717, 1.165) is 47.3 Å². The van der Waals surface area contributed by atoms with E-state index in [9.17, 15) is 5.21 Å². The smallest absolute Gasteiger partial charge is 0.224 e. The average molecular weight is 301 g/mol. The Morgan fingerprint density at radius 3 is 2.74 bits per heavy atom. The quantitative estimate of drug-likeness (QED) is 0.600. The highest BCUT2D eigenvalue weighted by molar-refractivity contribution is 5.85. The van der Waals surface area contributed by atoms with E-state index < -0.39 is 0 Å². The fourth-order valence-electron chi connectivity index (χ4n) is 2.70. The third-order valence-electron chi connectivity index (χ3n) is 3.64. The molecule has 104 valence electrons. The molecule has 0 radical (unpaired) electrons. The van der Waals surface area contributed by atoms with Gasteiger partial charge in [-0.15, -0.1) is 24.8 Å². The molecule has 0 saturated carbocycles. The standard InChI is InChI=1S/C14H16N2O.2ClH/c1-10-11-5-2-3-6-13(11)16(17)14-7-4-8-15-9-12(10)14;;/h2-3,5-6,15H,4,7-9H2,1H3;2*1H. The lowest BCUT2D eigenvalue weighted by Gasteiger charge is -2.13. The summed E-state index contributed by atoms with van der Waals surface area (Å²) < 4.78 is 1.13. The third-order valence-corrected chi connectivity index (χ3v) is 3.64. The van der Waals surface area contributed by atoms with Crippen molar-refractivity contribution in [1.82, 2.24) is 5.32 Å².